The quantitative estimate of drug-likeness (QED) is 0.211. The number of nitrogens with two attached hydrogens (primary N) is 1. The molecule has 0 spiro atoms. The van der Waals surface area contributed by atoms with E-state index >= 15 is 0 Å². The molecule has 0 atom stereocenters. The van der Waals surface area contributed by atoms with Gasteiger partial charge in [-0.05, 0) is 0 Å². The third-order valence-electron chi connectivity index (χ3n) is 0.916. The van der Waals surface area contributed by atoms with Gasteiger partial charge in [0.1, 0.15) is 0 Å². The minimum atomic E-state index is -0.119. The Balaban J connectivity index is 3.45. The second kappa shape index (κ2) is 4.60. The van der Waals surface area contributed by atoms with Crippen LogP contribution in [0.15, 0.2) is 5.16 Å². The number of rotatable bonds is 3. The molecule has 0 aliphatic carbocycles. The molecule has 0 heterocycles. The smallest absolute Gasteiger partial charge is 0.220 e. The van der Waals surface area contributed by atoms with Crippen molar-refractivity contribution in [2.24, 2.45) is 10.9 Å². The van der Waals surface area contributed by atoms with Gasteiger partial charge in [-0.25, -0.2) is 0 Å². The van der Waals surface area contributed by atoms with E-state index in [0.29, 0.717) is 6.42 Å². The molecule has 0 aromatic rings. The summed E-state index contributed by atoms with van der Waals surface area (Å²) in [6.45, 7) is 1.82. The maximum Gasteiger partial charge on any atom is 0.220 e. The van der Waals surface area contributed by atoms with Gasteiger partial charge in [-0.1, -0.05) is 12.1 Å². The molecular formula is C5H11N3O2. The van der Waals surface area contributed by atoms with E-state index in [1.54, 1.807) is 6.92 Å². The molecule has 5 heteroatoms. The Morgan fingerprint density at radius 2 is 2.40 bits per heavy atom. The molecule has 0 unspecified atom stereocenters. The Hall–Kier alpha value is -1.26. The van der Waals surface area contributed by atoms with Crippen LogP contribution in [0.2, 0.25) is 0 Å². The average Bonchev–Trinajstić information content (AvgIpc) is 1.99. The van der Waals surface area contributed by atoms with Crippen molar-refractivity contribution in [3.05, 3.63) is 0 Å². The summed E-state index contributed by atoms with van der Waals surface area (Å²) in [4.78, 5) is 10.5. The first-order valence-electron chi connectivity index (χ1n) is 2.93. The number of carbonyl (C=O) groups excluding carboxylic acids is 1. The third-order valence-corrected chi connectivity index (χ3v) is 0.916. The molecule has 0 saturated carbocycles. The molecule has 0 radical (unpaired) electrons. The molecule has 0 aliphatic rings. The molecule has 0 fully saturated rings. The zero-order valence-electron chi connectivity index (χ0n) is 5.79. The fourth-order valence-corrected chi connectivity index (χ4v) is 0.349. The van der Waals surface area contributed by atoms with Crippen LogP contribution in [0.4, 0.5) is 0 Å². The number of nitrogens with one attached hydrogen (secondary N) is 1. The summed E-state index contributed by atoms with van der Waals surface area (Å²) in [5.74, 6) is -0.117. The van der Waals surface area contributed by atoms with Crippen LogP contribution in [0.5, 0.6) is 0 Å². The molecule has 0 rings (SSSR count). The first-order chi connectivity index (χ1) is 4.70. The van der Waals surface area contributed by atoms with Gasteiger partial charge < -0.3 is 16.3 Å². The van der Waals surface area contributed by atoms with Gasteiger partial charge in [-0.15, -0.1) is 0 Å². The highest BCUT2D eigenvalue weighted by Gasteiger charge is 1.96. The highest BCUT2D eigenvalue weighted by atomic mass is 16.4. The fourth-order valence-electron chi connectivity index (χ4n) is 0.349. The highest BCUT2D eigenvalue weighted by molar-refractivity contribution is 5.86. The van der Waals surface area contributed by atoms with Crippen LogP contribution in [0.3, 0.4) is 0 Å². The summed E-state index contributed by atoms with van der Waals surface area (Å²) in [7, 11) is 0. The fraction of sp³-hybridized carbons (Fsp3) is 0.600. The molecule has 0 aliphatic heterocycles. The van der Waals surface area contributed by atoms with Crippen molar-refractivity contribution in [3.8, 4) is 0 Å². The van der Waals surface area contributed by atoms with Crippen LogP contribution >= 0.6 is 0 Å². The van der Waals surface area contributed by atoms with Crippen LogP contribution < -0.4 is 11.1 Å². The van der Waals surface area contributed by atoms with E-state index in [9.17, 15) is 4.79 Å². The molecule has 1 amide bonds. The standard InChI is InChI=1S/C5H11N3O2/c1-2-5(9)7-3-4(6)8-10/h10H,2-3H2,1H3,(H2,6,8)(H,7,9). The van der Waals surface area contributed by atoms with E-state index in [1.165, 1.54) is 0 Å². The number of carbonyl (C=O) groups is 1. The second-order valence-corrected chi connectivity index (χ2v) is 1.72. The normalized spacial score (nSPS) is 11.1. The highest BCUT2D eigenvalue weighted by Crippen LogP contribution is 1.73. The summed E-state index contributed by atoms with van der Waals surface area (Å²) < 4.78 is 0. The van der Waals surface area contributed by atoms with Crippen molar-refractivity contribution < 1.29 is 10.0 Å². The van der Waals surface area contributed by atoms with Gasteiger partial charge in [0.15, 0.2) is 5.84 Å². The summed E-state index contributed by atoms with van der Waals surface area (Å²) in [5.41, 5.74) is 5.06. The van der Waals surface area contributed by atoms with Gasteiger partial charge in [0, 0.05) is 6.42 Å². The lowest BCUT2D eigenvalue weighted by molar-refractivity contribution is -0.120. The van der Waals surface area contributed by atoms with Gasteiger partial charge in [0.05, 0.1) is 6.54 Å². The summed E-state index contributed by atoms with van der Waals surface area (Å²) in [6, 6.07) is 0. The first kappa shape index (κ1) is 8.74. The van der Waals surface area contributed by atoms with E-state index in [4.69, 9.17) is 10.9 Å². The molecule has 0 aromatic carbocycles. The maximum atomic E-state index is 10.5. The van der Waals surface area contributed by atoms with Crippen LogP contribution in [0.1, 0.15) is 13.3 Å². The van der Waals surface area contributed by atoms with E-state index < -0.39 is 0 Å². The minimum absolute atomic E-state index is 0.00167. The minimum Gasteiger partial charge on any atom is -0.409 e. The van der Waals surface area contributed by atoms with Crippen LogP contribution in [-0.2, 0) is 4.79 Å². The Morgan fingerprint density at radius 3 is 2.80 bits per heavy atom. The van der Waals surface area contributed by atoms with Gasteiger partial charge in [0.2, 0.25) is 5.91 Å². The lowest BCUT2D eigenvalue weighted by Crippen LogP contribution is -2.32. The van der Waals surface area contributed by atoms with Gasteiger partial charge in [-0.3, -0.25) is 4.79 Å². The monoisotopic (exact) mass is 145 g/mol. The third kappa shape index (κ3) is 3.71. The van der Waals surface area contributed by atoms with Crippen molar-refractivity contribution in [1.82, 2.24) is 5.32 Å². The van der Waals surface area contributed by atoms with E-state index in [0.717, 1.165) is 0 Å². The maximum absolute atomic E-state index is 10.5. The predicted molar refractivity (Wildman–Crippen MR) is 36.7 cm³/mol. The largest absolute Gasteiger partial charge is 0.409 e. The zero-order chi connectivity index (χ0) is 7.98. The predicted octanol–water partition coefficient (Wildman–Crippen LogP) is -0.741. The average molecular weight is 145 g/mol. The first-order valence-corrected chi connectivity index (χ1v) is 2.93. The number of amidine groups is 1. The summed E-state index contributed by atoms with van der Waals surface area (Å²) >= 11 is 0. The van der Waals surface area contributed by atoms with Crippen molar-refractivity contribution in [1.29, 1.82) is 0 Å². The Morgan fingerprint density at radius 1 is 1.80 bits per heavy atom. The molecule has 0 bridgehead atoms. The zero-order valence-corrected chi connectivity index (χ0v) is 5.79. The molecule has 0 saturated heterocycles. The molecule has 0 aromatic heterocycles. The van der Waals surface area contributed by atoms with E-state index in [2.05, 4.69) is 10.5 Å². The second-order valence-electron chi connectivity index (χ2n) is 1.72. The number of hydrogen-bond donors (Lipinski definition) is 3. The SMILES string of the molecule is CCC(=O)NC/C(N)=N/O. The van der Waals surface area contributed by atoms with E-state index in [1.807, 2.05) is 0 Å². The number of oxime groups is 1. The Bertz CT molecular complexity index is 144. The van der Waals surface area contributed by atoms with Crippen LogP contribution in [0, 0.1) is 0 Å². The van der Waals surface area contributed by atoms with Crippen molar-refractivity contribution in [3.63, 3.8) is 0 Å². The van der Waals surface area contributed by atoms with Gasteiger partial charge in [0.25, 0.3) is 0 Å². The van der Waals surface area contributed by atoms with Crippen molar-refractivity contribution in [2.45, 2.75) is 13.3 Å². The van der Waals surface area contributed by atoms with Gasteiger partial charge in [-0.2, -0.15) is 0 Å². The number of nitrogens with zero attached hydrogens (tertiary/aromatic N) is 1. The Labute approximate surface area is 58.9 Å². The topological polar surface area (TPSA) is 87.7 Å². The lowest BCUT2D eigenvalue weighted by Gasteiger charge is -1.99. The number of amides is 1. The number of hydrogen-bond acceptors (Lipinski definition) is 3. The van der Waals surface area contributed by atoms with Crippen LogP contribution in [-0.4, -0.2) is 23.5 Å². The Kier molecular flexibility index (Phi) is 4.02. The van der Waals surface area contributed by atoms with E-state index in [-0.39, 0.29) is 18.3 Å². The summed E-state index contributed by atoms with van der Waals surface area (Å²) in [5, 5.41) is 13.1. The molecule has 10 heavy (non-hydrogen) atoms. The van der Waals surface area contributed by atoms with Crippen molar-refractivity contribution >= 4 is 11.7 Å². The molecule has 58 valence electrons. The molecular weight excluding hydrogens is 134 g/mol. The molecule has 5 nitrogen and oxygen atoms in total. The summed E-state index contributed by atoms with van der Waals surface area (Å²) in [6.07, 6.45) is 0.401. The van der Waals surface area contributed by atoms with Crippen LogP contribution in [0.25, 0.3) is 0 Å². The molecule has 4 N–H and O–H groups in total. The lowest BCUT2D eigenvalue weighted by atomic mass is 10.4. The van der Waals surface area contributed by atoms with Gasteiger partial charge >= 0.3 is 0 Å². The van der Waals surface area contributed by atoms with Crippen molar-refractivity contribution in [2.75, 3.05) is 6.54 Å².